The molecule has 104 valence electrons. The standard InChI is InChI=1S/C14H8F3N4/c15-14(16,17)12-7-11(20-21-18)10-6-5-8-3-1-2-4-9(8)13(10)19-12/h1-7,18H/q+1. The molecule has 21 heavy (non-hydrogen) atoms. The quantitative estimate of drug-likeness (QED) is 0.397. The van der Waals surface area contributed by atoms with Crippen molar-refractivity contribution in [1.29, 1.82) is 5.53 Å². The van der Waals surface area contributed by atoms with Crippen molar-refractivity contribution in [1.82, 2.24) is 9.90 Å². The van der Waals surface area contributed by atoms with E-state index in [-0.39, 0.29) is 11.2 Å². The minimum absolute atomic E-state index is 0.0203. The lowest BCUT2D eigenvalue weighted by Gasteiger charge is -2.09. The van der Waals surface area contributed by atoms with Gasteiger partial charge in [0.25, 0.3) is 0 Å². The molecule has 3 rings (SSSR count). The van der Waals surface area contributed by atoms with E-state index in [0.717, 1.165) is 11.5 Å². The normalized spacial score (nSPS) is 11.6. The maximum Gasteiger partial charge on any atom is 0.433 e. The number of halogens is 3. The van der Waals surface area contributed by atoms with E-state index in [9.17, 15) is 13.2 Å². The van der Waals surface area contributed by atoms with E-state index in [1.807, 2.05) is 0 Å². The molecule has 0 amide bonds. The lowest BCUT2D eigenvalue weighted by molar-refractivity contribution is -0.140. The Morgan fingerprint density at radius 1 is 1.05 bits per heavy atom. The van der Waals surface area contributed by atoms with Gasteiger partial charge in [-0.15, -0.1) is 0 Å². The van der Waals surface area contributed by atoms with Gasteiger partial charge in [-0.3, -0.25) is 0 Å². The van der Waals surface area contributed by atoms with Crippen molar-refractivity contribution in [3.63, 3.8) is 0 Å². The highest BCUT2D eigenvalue weighted by Crippen LogP contribution is 2.36. The van der Waals surface area contributed by atoms with Crippen LogP contribution in [-0.4, -0.2) is 4.98 Å². The Labute approximate surface area is 116 Å². The van der Waals surface area contributed by atoms with Gasteiger partial charge in [0.15, 0.2) is 10.8 Å². The van der Waals surface area contributed by atoms with Crippen LogP contribution in [0.2, 0.25) is 0 Å². The Balaban J connectivity index is 2.50. The molecule has 0 atom stereocenters. The van der Waals surface area contributed by atoms with Crippen molar-refractivity contribution >= 4 is 27.4 Å². The molecular formula is C14H8F3N4+. The highest BCUT2D eigenvalue weighted by molar-refractivity contribution is 6.08. The van der Waals surface area contributed by atoms with Crippen LogP contribution in [0.25, 0.3) is 21.7 Å². The summed E-state index contributed by atoms with van der Waals surface area (Å²) in [6, 6.07) is 11.2. The van der Waals surface area contributed by atoms with Gasteiger partial charge in [0, 0.05) is 16.8 Å². The maximum absolute atomic E-state index is 13.0. The minimum atomic E-state index is -4.59. The summed E-state index contributed by atoms with van der Waals surface area (Å²) in [5.74, 6) is 0. The molecule has 0 fully saturated rings. The molecule has 0 unspecified atom stereocenters. The number of rotatable bonds is 1. The molecule has 0 aliphatic rings. The van der Waals surface area contributed by atoms with E-state index in [1.54, 1.807) is 36.4 Å². The van der Waals surface area contributed by atoms with Gasteiger partial charge in [0.05, 0.1) is 5.52 Å². The first-order valence-corrected chi connectivity index (χ1v) is 5.98. The third-order valence-electron chi connectivity index (χ3n) is 3.13. The van der Waals surface area contributed by atoms with Crippen molar-refractivity contribution in [3.8, 4) is 0 Å². The van der Waals surface area contributed by atoms with Gasteiger partial charge >= 0.3 is 6.18 Å². The van der Waals surface area contributed by atoms with Gasteiger partial charge in [-0.25, -0.2) is 4.98 Å². The molecule has 3 aromatic rings. The number of alkyl halides is 3. The SMILES string of the molecule is N=[N+]=Nc1cc(C(F)(F)F)nc2c1ccc1ccccc12. The van der Waals surface area contributed by atoms with E-state index in [1.165, 1.54) is 0 Å². The van der Waals surface area contributed by atoms with Crippen molar-refractivity contribution in [2.75, 3.05) is 0 Å². The largest absolute Gasteiger partial charge is 0.433 e. The van der Waals surface area contributed by atoms with Gasteiger partial charge < -0.3 is 0 Å². The van der Waals surface area contributed by atoms with Gasteiger partial charge in [-0.05, 0) is 11.5 Å². The zero-order valence-electron chi connectivity index (χ0n) is 10.5. The van der Waals surface area contributed by atoms with E-state index in [2.05, 4.69) is 15.0 Å². The fourth-order valence-corrected chi connectivity index (χ4v) is 2.22. The summed E-state index contributed by atoms with van der Waals surface area (Å²) in [5.41, 5.74) is 5.89. The Kier molecular flexibility index (Phi) is 2.92. The lowest BCUT2D eigenvalue weighted by atomic mass is 10.0. The molecular weight excluding hydrogens is 281 g/mol. The van der Waals surface area contributed by atoms with Crippen LogP contribution >= 0.6 is 0 Å². The number of hydrogen-bond donors (Lipinski definition) is 1. The van der Waals surface area contributed by atoms with E-state index < -0.39 is 11.9 Å². The molecule has 7 heteroatoms. The van der Waals surface area contributed by atoms with Crippen molar-refractivity contribution in [2.24, 2.45) is 5.11 Å². The number of hydrogen-bond acceptors (Lipinski definition) is 3. The number of fused-ring (bicyclic) bond motifs is 3. The van der Waals surface area contributed by atoms with E-state index >= 15 is 0 Å². The maximum atomic E-state index is 13.0. The minimum Gasteiger partial charge on any atom is -0.242 e. The third kappa shape index (κ3) is 2.23. The molecule has 0 spiro atoms. The average molecular weight is 289 g/mol. The summed E-state index contributed by atoms with van der Waals surface area (Å²) in [4.78, 5) is 6.57. The highest BCUT2D eigenvalue weighted by atomic mass is 19.4. The highest BCUT2D eigenvalue weighted by Gasteiger charge is 2.34. The second kappa shape index (κ2) is 4.64. The predicted molar refractivity (Wildman–Crippen MR) is 71.2 cm³/mol. The van der Waals surface area contributed by atoms with Crippen molar-refractivity contribution < 1.29 is 13.2 Å². The van der Waals surface area contributed by atoms with Crippen LogP contribution in [0.15, 0.2) is 47.6 Å². The molecule has 0 saturated heterocycles. The molecule has 0 saturated carbocycles. The summed E-state index contributed by atoms with van der Waals surface area (Å²) in [5, 5.41) is 5.28. The number of nitrogens with zero attached hydrogens (tertiary/aromatic N) is 3. The van der Waals surface area contributed by atoms with Gasteiger partial charge in [-0.2, -0.15) is 13.2 Å². The van der Waals surface area contributed by atoms with Crippen LogP contribution < -0.4 is 4.91 Å². The van der Waals surface area contributed by atoms with E-state index in [0.29, 0.717) is 10.8 Å². The summed E-state index contributed by atoms with van der Waals surface area (Å²) in [6.07, 6.45) is -4.59. The summed E-state index contributed by atoms with van der Waals surface area (Å²) in [6.45, 7) is 0. The van der Waals surface area contributed by atoms with Crippen LogP contribution in [0.3, 0.4) is 0 Å². The van der Waals surface area contributed by atoms with Crippen molar-refractivity contribution in [3.05, 3.63) is 48.2 Å². The fraction of sp³-hybridized carbons (Fsp3) is 0.0714. The second-order valence-corrected chi connectivity index (χ2v) is 4.41. The number of pyridine rings is 1. The molecule has 0 radical (unpaired) electrons. The first kappa shape index (κ1) is 13.2. The Hall–Kier alpha value is -2.79. The molecule has 0 aliphatic carbocycles. The summed E-state index contributed by atoms with van der Waals surface area (Å²) >= 11 is 0. The van der Waals surface area contributed by atoms with Gasteiger partial charge in [0.2, 0.25) is 4.91 Å². The average Bonchev–Trinajstić information content (AvgIpc) is 2.46. The third-order valence-corrected chi connectivity index (χ3v) is 3.13. The Bertz CT molecular complexity index is 896. The molecule has 0 aliphatic heterocycles. The molecule has 1 heterocycles. The molecule has 1 aromatic heterocycles. The Morgan fingerprint density at radius 2 is 1.81 bits per heavy atom. The molecule has 4 nitrogen and oxygen atoms in total. The first-order chi connectivity index (χ1) is 10.0. The second-order valence-electron chi connectivity index (χ2n) is 4.41. The molecule has 0 bridgehead atoms. The predicted octanol–water partition coefficient (Wildman–Crippen LogP) is 4.59. The fourth-order valence-electron chi connectivity index (χ4n) is 2.22. The molecule has 2 aromatic carbocycles. The topological polar surface area (TPSA) is 63.2 Å². The summed E-state index contributed by atoms with van der Waals surface area (Å²) in [7, 11) is 0. The van der Waals surface area contributed by atoms with Crippen LogP contribution in [0.5, 0.6) is 0 Å². The van der Waals surface area contributed by atoms with Gasteiger partial charge in [0.1, 0.15) is 11.2 Å². The number of aromatic nitrogens is 1. The zero-order valence-corrected chi connectivity index (χ0v) is 10.5. The molecule has 1 N–H and O–H groups in total. The Morgan fingerprint density at radius 3 is 2.52 bits per heavy atom. The lowest BCUT2D eigenvalue weighted by Crippen LogP contribution is -2.07. The number of benzene rings is 2. The van der Waals surface area contributed by atoms with Gasteiger partial charge in [-0.1, -0.05) is 30.3 Å². The monoisotopic (exact) mass is 289 g/mol. The smallest absolute Gasteiger partial charge is 0.242 e. The van der Waals surface area contributed by atoms with Crippen LogP contribution in [0, 0.1) is 5.53 Å². The summed E-state index contributed by atoms with van der Waals surface area (Å²) < 4.78 is 38.9. The number of nitrogens with one attached hydrogen (secondary N) is 1. The van der Waals surface area contributed by atoms with Crippen LogP contribution in [-0.2, 0) is 6.18 Å². The van der Waals surface area contributed by atoms with E-state index in [4.69, 9.17) is 5.53 Å². The van der Waals surface area contributed by atoms with Crippen molar-refractivity contribution in [2.45, 2.75) is 6.18 Å². The first-order valence-electron chi connectivity index (χ1n) is 5.98. The van der Waals surface area contributed by atoms with Crippen LogP contribution in [0.4, 0.5) is 18.9 Å². The van der Waals surface area contributed by atoms with Crippen LogP contribution in [0.1, 0.15) is 5.69 Å². The zero-order chi connectivity index (χ0) is 15.0.